The molecule has 0 unspecified atom stereocenters. The molecule has 1 aromatic carbocycles. The molecule has 0 aliphatic carbocycles. The van der Waals surface area contributed by atoms with Gasteiger partial charge in [0.15, 0.2) is 5.82 Å². The van der Waals surface area contributed by atoms with Crippen molar-refractivity contribution in [2.45, 2.75) is 30.8 Å². The Balaban J connectivity index is 1.79. The number of aromatic nitrogens is 1. The molecule has 9 heteroatoms. The molecule has 26 heavy (non-hydrogen) atoms. The number of aryl methyl sites for hydroxylation is 1. The molecule has 1 atom stereocenters. The number of anilines is 1. The Morgan fingerprint density at radius 1 is 1.31 bits per heavy atom. The molecular formula is C17H21N3O5S. The topological polar surface area (TPSA) is 102 Å². The van der Waals surface area contributed by atoms with Gasteiger partial charge in [0, 0.05) is 19.2 Å². The zero-order valence-corrected chi connectivity index (χ0v) is 15.2. The normalized spacial score (nSPS) is 17.5. The zero-order valence-electron chi connectivity index (χ0n) is 14.4. The Bertz CT molecular complexity index is 828. The third kappa shape index (κ3) is 4.48. The van der Waals surface area contributed by atoms with Crippen LogP contribution >= 0.6 is 0 Å². The van der Waals surface area contributed by atoms with Crippen molar-refractivity contribution in [1.29, 1.82) is 0 Å². The highest BCUT2D eigenvalue weighted by atomic mass is 32.2. The predicted octanol–water partition coefficient (Wildman–Crippen LogP) is 1.79. The molecule has 1 N–H and O–H groups in total. The van der Waals surface area contributed by atoms with Gasteiger partial charge in [-0.2, -0.15) is 4.31 Å². The van der Waals surface area contributed by atoms with Crippen molar-refractivity contribution in [2.75, 3.05) is 25.0 Å². The van der Waals surface area contributed by atoms with Crippen LogP contribution in [-0.4, -0.2) is 49.6 Å². The standard InChI is InChI=1S/C17H21N3O5S/c1-13-4-6-15(7-5-13)26(22,23)20(11-14-3-2-9-24-14)12-17(21)18-16-8-10-25-19-16/h4-8,10,14H,2-3,9,11-12H2,1H3,(H,18,19,21)/t14-/m1/s1. The van der Waals surface area contributed by atoms with Crippen molar-refractivity contribution in [3.63, 3.8) is 0 Å². The Morgan fingerprint density at radius 2 is 2.08 bits per heavy atom. The van der Waals surface area contributed by atoms with Crippen LogP contribution in [0.3, 0.4) is 0 Å². The van der Waals surface area contributed by atoms with Crippen LogP contribution in [0, 0.1) is 6.92 Å². The van der Waals surface area contributed by atoms with E-state index < -0.39 is 15.9 Å². The van der Waals surface area contributed by atoms with E-state index in [9.17, 15) is 13.2 Å². The molecule has 1 aromatic heterocycles. The number of rotatable bonds is 7. The van der Waals surface area contributed by atoms with Gasteiger partial charge in [-0.3, -0.25) is 4.79 Å². The molecule has 1 fully saturated rings. The van der Waals surface area contributed by atoms with E-state index >= 15 is 0 Å². The summed E-state index contributed by atoms with van der Waals surface area (Å²) in [6.07, 6.45) is 2.76. The Kier molecular flexibility index (Phi) is 5.70. The van der Waals surface area contributed by atoms with Gasteiger partial charge < -0.3 is 14.6 Å². The quantitative estimate of drug-likeness (QED) is 0.787. The second kappa shape index (κ2) is 7.98. The van der Waals surface area contributed by atoms with Crippen molar-refractivity contribution in [3.8, 4) is 0 Å². The number of nitrogens with zero attached hydrogens (tertiary/aromatic N) is 2. The number of hydrogen-bond acceptors (Lipinski definition) is 6. The number of hydrogen-bond donors (Lipinski definition) is 1. The number of sulfonamides is 1. The van der Waals surface area contributed by atoms with Gasteiger partial charge in [0.2, 0.25) is 15.9 Å². The molecule has 0 bridgehead atoms. The fraction of sp³-hybridized carbons (Fsp3) is 0.412. The van der Waals surface area contributed by atoms with Gasteiger partial charge in [0.1, 0.15) is 6.26 Å². The van der Waals surface area contributed by atoms with E-state index in [1.54, 1.807) is 24.3 Å². The molecule has 2 heterocycles. The molecule has 8 nitrogen and oxygen atoms in total. The van der Waals surface area contributed by atoms with Gasteiger partial charge in [-0.25, -0.2) is 8.42 Å². The van der Waals surface area contributed by atoms with Crippen LogP contribution in [0.1, 0.15) is 18.4 Å². The van der Waals surface area contributed by atoms with Crippen LogP contribution in [0.15, 0.2) is 46.0 Å². The summed E-state index contributed by atoms with van der Waals surface area (Å²) in [6.45, 7) is 2.28. The molecule has 2 aromatic rings. The van der Waals surface area contributed by atoms with Crippen LogP contribution in [0.5, 0.6) is 0 Å². The Labute approximate surface area is 152 Å². The lowest BCUT2D eigenvalue weighted by atomic mass is 10.2. The first-order valence-corrected chi connectivity index (χ1v) is 9.78. The maximum Gasteiger partial charge on any atom is 0.243 e. The number of carbonyl (C=O) groups is 1. The van der Waals surface area contributed by atoms with E-state index in [0.29, 0.717) is 6.61 Å². The summed E-state index contributed by atoms with van der Waals surface area (Å²) < 4.78 is 37.4. The molecule has 1 aliphatic rings. The molecule has 1 amide bonds. The first-order valence-electron chi connectivity index (χ1n) is 8.34. The summed E-state index contributed by atoms with van der Waals surface area (Å²) in [5.41, 5.74) is 0.957. The van der Waals surface area contributed by atoms with Gasteiger partial charge in [-0.15, -0.1) is 0 Å². The monoisotopic (exact) mass is 379 g/mol. The second-order valence-corrected chi connectivity index (χ2v) is 8.12. The minimum atomic E-state index is -3.83. The molecule has 0 saturated carbocycles. The van der Waals surface area contributed by atoms with Crippen LogP contribution in [0.2, 0.25) is 0 Å². The van der Waals surface area contributed by atoms with E-state index in [1.165, 1.54) is 12.3 Å². The lowest BCUT2D eigenvalue weighted by Gasteiger charge is -2.24. The highest BCUT2D eigenvalue weighted by Gasteiger charge is 2.30. The lowest BCUT2D eigenvalue weighted by Crippen LogP contribution is -2.42. The summed E-state index contributed by atoms with van der Waals surface area (Å²) in [4.78, 5) is 12.4. The minimum Gasteiger partial charge on any atom is -0.377 e. The molecule has 140 valence electrons. The van der Waals surface area contributed by atoms with E-state index in [0.717, 1.165) is 22.7 Å². The van der Waals surface area contributed by atoms with Gasteiger partial charge in [0.25, 0.3) is 0 Å². The highest BCUT2D eigenvalue weighted by Crippen LogP contribution is 2.20. The summed E-state index contributed by atoms with van der Waals surface area (Å²) in [5, 5.41) is 6.12. The molecular weight excluding hydrogens is 358 g/mol. The zero-order chi connectivity index (χ0) is 18.6. The minimum absolute atomic E-state index is 0.127. The van der Waals surface area contributed by atoms with Crippen molar-refractivity contribution in [3.05, 3.63) is 42.2 Å². The van der Waals surface area contributed by atoms with Crippen LogP contribution in [0.4, 0.5) is 5.82 Å². The summed E-state index contributed by atoms with van der Waals surface area (Å²) >= 11 is 0. The molecule has 0 radical (unpaired) electrons. The number of amides is 1. The lowest BCUT2D eigenvalue weighted by molar-refractivity contribution is -0.116. The van der Waals surface area contributed by atoms with Crippen molar-refractivity contribution < 1.29 is 22.5 Å². The predicted molar refractivity (Wildman–Crippen MR) is 94.0 cm³/mol. The average Bonchev–Trinajstić information content (AvgIpc) is 3.28. The fourth-order valence-corrected chi connectivity index (χ4v) is 4.17. The first kappa shape index (κ1) is 18.6. The summed E-state index contributed by atoms with van der Waals surface area (Å²) in [6, 6.07) is 8.03. The largest absolute Gasteiger partial charge is 0.377 e. The van der Waals surface area contributed by atoms with E-state index in [2.05, 4.69) is 15.0 Å². The molecule has 3 rings (SSSR count). The van der Waals surface area contributed by atoms with Crippen molar-refractivity contribution in [1.82, 2.24) is 9.46 Å². The Hall–Kier alpha value is -2.23. The maximum atomic E-state index is 13.0. The van der Waals surface area contributed by atoms with Crippen LogP contribution in [-0.2, 0) is 19.6 Å². The van der Waals surface area contributed by atoms with Crippen LogP contribution < -0.4 is 5.32 Å². The number of ether oxygens (including phenoxy) is 1. The average molecular weight is 379 g/mol. The van der Waals surface area contributed by atoms with Crippen molar-refractivity contribution in [2.24, 2.45) is 0 Å². The van der Waals surface area contributed by atoms with Gasteiger partial charge >= 0.3 is 0 Å². The molecule has 1 saturated heterocycles. The summed E-state index contributed by atoms with van der Waals surface area (Å²) in [7, 11) is -3.83. The van der Waals surface area contributed by atoms with E-state index in [1.807, 2.05) is 6.92 Å². The van der Waals surface area contributed by atoms with Crippen LogP contribution in [0.25, 0.3) is 0 Å². The maximum absolute atomic E-state index is 13.0. The van der Waals surface area contributed by atoms with Gasteiger partial charge in [0.05, 0.1) is 17.5 Å². The number of carbonyl (C=O) groups excluding carboxylic acids is 1. The third-order valence-corrected chi connectivity index (χ3v) is 5.94. The van der Waals surface area contributed by atoms with Crippen molar-refractivity contribution >= 4 is 21.7 Å². The number of benzene rings is 1. The van der Waals surface area contributed by atoms with E-state index in [-0.39, 0.29) is 29.9 Å². The first-order chi connectivity index (χ1) is 12.4. The molecule has 1 aliphatic heterocycles. The molecule has 0 spiro atoms. The number of nitrogens with one attached hydrogen (secondary N) is 1. The smallest absolute Gasteiger partial charge is 0.243 e. The van der Waals surface area contributed by atoms with Gasteiger partial charge in [-0.05, 0) is 31.9 Å². The third-order valence-electron chi connectivity index (χ3n) is 4.12. The highest BCUT2D eigenvalue weighted by molar-refractivity contribution is 7.89. The Morgan fingerprint density at radius 3 is 2.69 bits per heavy atom. The SMILES string of the molecule is Cc1ccc(S(=O)(=O)N(CC(=O)Nc2ccon2)C[C@H]2CCCO2)cc1. The second-order valence-electron chi connectivity index (χ2n) is 6.18. The van der Waals surface area contributed by atoms with E-state index in [4.69, 9.17) is 4.74 Å². The fourth-order valence-electron chi connectivity index (χ4n) is 2.74. The summed E-state index contributed by atoms with van der Waals surface area (Å²) in [5.74, 6) is -0.257. The van der Waals surface area contributed by atoms with Gasteiger partial charge in [-0.1, -0.05) is 22.9 Å².